The SMILES string of the molecule is Nc1nc(C2CN(CC(c3ccccc3)c3cccc4cccnc34)CCN2)cs1. The molecule has 2 atom stereocenters. The molecule has 0 radical (unpaired) electrons. The Labute approximate surface area is 180 Å². The minimum Gasteiger partial charge on any atom is -0.375 e. The van der Waals surface area contributed by atoms with E-state index in [1.54, 1.807) is 0 Å². The lowest BCUT2D eigenvalue weighted by atomic mass is 9.88. The molecule has 152 valence electrons. The van der Waals surface area contributed by atoms with Crippen LogP contribution in [-0.4, -0.2) is 41.0 Å². The van der Waals surface area contributed by atoms with Crippen molar-refractivity contribution >= 4 is 27.4 Å². The monoisotopic (exact) mass is 415 g/mol. The number of hydrogen-bond acceptors (Lipinski definition) is 6. The van der Waals surface area contributed by atoms with Gasteiger partial charge in [-0.25, -0.2) is 4.98 Å². The molecule has 2 aromatic carbocycles. The van der Waals surface area contributed by atoms with Crippen molar-refractivity contribution in [3.05, 3.63) is 89.1 Å². The highest BCUT2D eigenvalue weighted by molar-refractivity contribution is 7.13. The Bertz CT molecular complexity index is 1120. The maximum absolute atomic E-state index is 5.86. The number of nitrogens with two attached hydrogens (primary N) is 1. The summed E-state index contributed by atoms with van der Waals surface area (Å²) in [6, 6.07) is 21.7. The number of fused-ring (bicyclic) bond motifs is 1. The smallest absolute Gasteiger partial charge is 0.180 e. The maximum Gasteiger partial charge on any atom is 0.180 e. The maximum atomic E-state index is 5.86. The Balaban J connectivity index is 1.47. The van der Waals surface area contributed by atoms with Crippen LogP contribution in [0.5, 0.6) is 0 Å². The van der Waals surface area contributed by atoms with Crippen LogP contribution >= 0.6 is 11.3 Å². The number of aromatic nitrogens is 2. The van der Waals surface area contributed by atoms with Gasteiger partial charge >= 0.3 is 0 Å². The van der Waals surface area contributed by atoms with Crippen molar-refractivity contribution in [1.82, 2.24) is 20.2 Å². The number of anilines is 1. The number of nitrogen functional groups attached to an aromatic ring is 1. The normalized spacial score (nSPS) is 18.5. The summed E-state index contributed by atoms with van der Waals surface area (Å²) in [6.45, 7) is 3.82. The quantitative estimate of drug-likeness (QED) is 0.515. The van der Waals surface area contributed by atoms with E-state index in [0.717, 1.165) is 37.4 Å². The number of hydrogen-bond donors (Lipinski definition) is 2. The first-order chi connectivity index (χ1) is 14.8. The summed E-state index contributed by atoms with van der Waals surface area (Å²) in [5, 5.41) is 7.48. The molecule has 6 heteroatoms. The number of piperazine rings is 1. The molecule has 5 nitrogen and oxygen atoms in total. The second-order valence-electron chi connectivity index (χ2n) is 7.76. The van der Waals surface area contributed by atoms with E-state index in [1.165, 1.54) is 27.8 Å². The standard InChI is InChI=1S/C24H25N5S/c25-24-28-22(16-30-24)21-15-29(13-12-26-21)14-20(17-6-2-1-3-7-17)19-10-4-8-18-9-5-11-27-23(18)19/h1-11,16,20-21,26H,12-15H2,(H2,25,28). The van der Waals surface area contributed by atoms with Crippen molar-refractivity contribution in [3.63, 3.8) is 0 Å². The fraction of sp³-hybridized carbons (Fsp3) is 0.250. The average Bonchev–Trinajstić information content (AvgIpc) is 3.24. The van der Waals surface area contributed by atoms with Crippen molar-refractivity contribution in [2.45, 2.75) is 12.0 Å². The molecule has 3 heterocycles. The zero-order valence-corrected chi connectivity index (χ0v) is 17.6. The molecule has 2 unspecified atom stereocenters. The summed E-state index contributed by atoms with van der Waals surface area (Å²) in [4.78, 5) is 11.8. The summed E-state index contributed by atoms with van der Waals surface area (Å²) in [5.74, 6) is 0.254. The van der Waals surface area contributed by atoms with Crippen molar-refractivity contribution in [2.24, 2.45) is 0 Å². The number of benzene rings is 2. The predicted molar refractivity (Wildman–Crippen MR) is 124 cm³/mol. The largest absolute Gasteiger partial charge is 0.375 e. The Morgan fingerprint density at radius 3 is 2.80 bits per heavy atom. The van der Waals surface area contributed by atoms with Crippen molar-refractivity contribution < 1.29 is 0 Å². The molecule has 1 aliphatic heterocycles. The number of para-hydroxylation sites is 1. The Hall–Kier alpha value is -2.80. The number of pyridine rings is 1. The van der Waals surface area contributed by atoms with Crippen LogP contribution in [0.2, 0.25) is 0 Å². The van der Waals surface area contributed by atoms with Gasteiger partial charge in [-0.2, -0.15) is 0 Å². The Kier molecular flexibility index (Phi) is 5.45. The van der Waals surface area contributed by atoms with E-state index in [9.17, 15) is 0 Å². The van der Waals surface area contributed by atoms with E-state index >= 15 is 0 Å². The van der Waals surface area contributed by atoms with Crippen LogP contribution < -0.4 is 11.1 Å². The van der Waals surface area contributed by atoms with Crippen LogP contribution in [0.1, 0.15) is 28.8 Å². The van der Waals surface area contributed by atoms with E-state index in [4.69, 9.17) is 10.7 Å². The minimum absolute atomic E-state index is 0.217. The second kappa shape index (κ2) is 8.52. The van der Waals surface area contributed by atoms with Crippen molar-refractivity contribution in [2.75, 3.05) is 31.9 Å². The first-order valence-corrected chi connectivity index (χ1v) is 11.2. The fourth-order valence-corrected chi connectivity index (χ4v) is 4.99. The summed E-state index contributed by atoms with van der Waals surface area (Å²) in [6.07, 6.45) is 1.89. The molecule has 1 aliphatic rings. The highest BCUT2D eigenvalue weighted by Crippen LogP contribution is 2.31. The van der Waals surface area contributed by atoms with Gasteiger partial charge in [0, 0.05) is 49.1 Å². The Morgan fingerprint density at radius 2 is 1.97 bits per heavy atom. The molecule has 2 aromatic heterocycles. The van der Waals surface area contributed by atoms with Crippen LogP contribution in [0, 0.1) is 0 Å². The van der Waals surface area contributed by atoms with E-state index in [0.29, 0.717) is 5.13 Å². The number of rotatable bonds is 5. The molecular formula is C24H25N5S. The van der Waals surface area contributed by atoms with Crippen LogP contribution in [0.15, 0.2) is 72.2 Å². The lowest BCUT2D eigenvalue weighted by Crippen LogP contribution is -2.47. The van der Waals surface area contributed by atoms with Gasteiger partial charge in [0.25, 0.3) is 0 Å². The van der Waals surface area contributed by atoms with Gasteiger partial charge in [-0.05, 0) is 17.2 Å². The van der Waals surface area contributed by atoms with Crippen LogP contribution in [0.3, 0.4) is 0 Å². The zero-order chi connectivity index (χ0) is 20.3. The number of nitrogens with one attached hydrogen (secondary N) is 1. The van der Waals surface area contributed by atoms with Gasteiger partial charge in [0.15, 0.2) is 5.13 Å². The third kappa shape index (κ3) is 3.94. The van der Waals surface area contributed by atoms with Crippen LogP contribution in [0.4, 0.5) is 5.13 Å². The molecule has 3 N–H and O–H groups in total. The van der Waals surface area contributed by atoms with Gasteiger partial charge < -0.3 is 11.1 Å². The van der Waals surface area contributed by atoms with Crippen molar-refractivity contribution in [3.8, 4) is 0 Å². The van der Waals surface area contributed by atoms with Gasteiger partial charge in [-0.15, -0.1) is 11.3 Å². The Morgan fingerprint density at radius 1 is 1.10 bits per heavy atom. The molecule has 0 aliphatic carbocycles. The first-order valence-electron chi connectivity index (χ1n) is 10.3. The molecule has 0 spiro atoms. The molecule has 30 heavy (non-hydrogen) atoms. The van der Waals surface area contributed by atoms with Crippen LogP contribution in [-0.2, 0) is 0 Å². The zero-order valence-electron chi connectivity index (χ0n) is 16.7. The summed E-state index contributed by atoms with van der Waals surface area (Å²) in [7, 11) is 0. The topological polar surface area (TPSA) is 67.1 Å². The molecule has 1 saturated heterocycles. The molecule has 5 rings (SSSR count). The highest BCUT2D eigenvalue weighted by Gasteiger charge is 2.26. The molecule has 1 fully saturated rings. The summed E-state index contributed by atoms with van der Waals surface area (Å²) >= 11 is 1.51. The third-order valence-corrected chi connectivity index (χ3v) is 6.53. The van der Waals surface area contributed by atoms with E-state index < -0.39 is 0 Å². The third-order valence-electron chi connectivity index (χ3n) is 5.84. The fourth-order valence-electron chi connectivity index (χ4n) is 4.37. The van der Waals surface area contributed by atoms with Crippen LogP contribution in [0.25, 0.3) is 10.9 Å². The highest BCUT2D eigenvalue weighted by atomic mass is 32.1. The van der Waals surface area contributed by atoms with Gasteiger partial charge in [0.2, 0.25) is 0 Å². The van der Waals surface area contributed by atoms with Gasteiger partial charge in [0.05, 0.1) is 17.3 Å². The van der Waals surface area contributed by atoms with Gasteiger partial charge in [-0.1, -0.05) is 54.6 Å². The molecule has 0 amide bonds. The molecule has 0 saturated carbocycles. The van der Waals surface area contributed by atoms with E-state index in [1.807, 2.05) is 12.3 Å². The number of thiazole rings is 1. The predicted octanol–water partition coefficient (Wildman–Crippen LogP) is 4.05. The average molecular weight is 416 g/mol. The molecule has 0 bridgehead atoms. The first kappa shape index (κ1) is 19.2. The van der Waals surface area contributed by atoms with Gasteiger partial charge in [0.1, 0.15) is 0 Å². The molecular weight excluding hydrogens is 390 g/mol. The van der Waals surface area contributed by atoms with E-state index in [-0.39, 0.29) is 12.0 Å². The minimum atomic E-state index is 0.217. The summed E-state index contributed by atoms with van der Waals surface area (Å²) < 4.78 is 0. The second-order valence-corrected chi connectivity index (χ2v) is 8.65. The lowest BCUT2D eigenvalue weighted by molar-refractivity contribution is 0.194. The number of nitrogens with zero attached hydrogens (tertiary/aromatic N) is 3. The molecule has 4 aromatic rings. The van der Waals surface area contributed by atoms with Gasteiger partial charge in [-0.3, -0.25) is 9.88 Å². The van der Waals surface area contributed by atoms with Crippen molar-refractivity contribution in [1.29, 1.82) is 0 Å². The van der Waals surface area contributed by atoms with E-state index in [2.05, 4.69) is 75.2 Å². The summed E-state index contributed by atoms with van der Waals surface area (Å²) in [5.41, 5.74) is 10.6. The lowest BCUT2D eigenvalue weighted by Gasteiger charge is -2.35.